The van der Waals surface area contributed by atoms with Crippen molar-refractivity contribution in [3.8, 4) is 0 Å². The van der Waals surface area contributed by atoms with Gasteiger partial charge in [-0.05, 0) is 25.5 Å². The Kier molecular flexibility index (Phi) is 4.83. The van der Waals surface area contributed by atoms with Crippen LogP contribution in [0.1, 0.15) is 18.4 Å². The Morgan fingerprint density at radius 2 is 1.94 bits per heavy atom. The largest absolute Gasteiger partial charge is 0.316 e. The molecule has 1 aliphatic heterocycles. The molecule has 1 unspecified atom stereocenters. The molecule has 17 heavy (non-hydrogen) atoms. The van der Waals surface area contributed by atoms with Gasteiger partial charge in [0.15, 0.2) is 0 Å². The summed E-state index contributed by atoms with van der Waals surface area (Å²) >= 11 is 0. The van der Waals surface area contributed by atoms with Gasteiger partial charge >= 0.3 is 0 Å². The van der Waals surface area contributed by atoms with Gasteiger partial charge < -0.3 is 5.32 Å². The number of rotatable bonds is 2. The monoisotopic (exact) mass is 265 g/mol. The fourth-order valence-corrected chi connectivity index (χ4v) is 2.11. The lowest BCUT2D eigenvalue weighted by Gasteiger charge is -2.30. The Balaban J connectivity index is 0.00000144. The average Bonchev–Trinajstić information content (AvgIpc) is 2.30. The van der Waals surface area contributed by atoms with E-state index in [1.807, 2.05) is 0 Å². The molecule has 0 aromatic heterocycles. The predicted octanol–water partition coefficient (Wildman–Crippen LogP) is 3.34. The maximum absolute atomic E-state index is 14.0. The molecular formula is C12H15ClF3N. The van der Waals surface area contributed by atoms with Crippen LogP contribution in [0.3, 0.4) is 0 Å². The normalized spacial score (nSPS) is 20.8. The molecule has 1 nitrogen and oxygen atoms in total. The molecule has 0 radical (unpaired) electrons. The van der Waals surface area contributed by atoms with E-state index < -0.39 is 23.2 Å². The van der Waals surface area contributed by atoms with Crippen molar-refractivity contribution in [2.75, 3.05) is 13.1 Å². The molecule has 1 saturated heterocycles. The van der Waals surface area contributed by atoms with Gasteiger partial charge in [0.2, 0.25) is 0 Å². The second-order valence-corrected chi connectivity index (χ2v) is 4.15. The lowest BCUT2D eigenvalue weighted by Crippen LogP contribution is -2.39. The summed E-state index contributed by atoms with van der Waals surface area (Å²) in [4.78, 5) is 0. The van der Waals surface area contributed by atoms with Crippen LogP contribution in [0, 0.1) is 11.7 Å². The zero-order valence-corrected chi connectivity index (χ0v) is 10.1. The van der Waals surface area contributed by atoms with Crippen molar-refractivity contribution in [1.29, 1.82) is 0 Å². The molecule has 1 heterocycles. The molecule has 1 aromatic rings. The standard InChI is InChI=1S/C12H14F3N.ClH/c13-11-6-2-1-5-10(11)12(14,15)9-4-3-7-16-8-9;/h1-2,5-6,9,16H,3-4,7-8H2;1H. The van der Waals surface area contributed by atoms with E-state index in [2.05, 4.69) is 5.32 Å². The van der Waals surface area contributed by atoms with Crippen molar-refractivity contribution >= 4 is 12.4 Å². The molecule has 1 atom stereocenters. The highest BCUT2D eigenvalue weighted by Crippen LogP contribution is 2.40. The number of hydrogen-bond donors (Lipinski definition) is 1. The van der Waals surface area contributed by atoms with Crippen molar-refractivity contribution in [1.82, 2.24) is 5.32 Å². The van der Waals surface area contributed by atoms with Crippen LogP contribution in [0.25, 0.3) is 0 Å². The first kappa shape index (κ1) is 14.3. The van der Waals surface area contributed by atoms with Crippen molar-refractivity contribution in [3.05, 3.63) is 35.6 Å². The Bertz CT molecular complexity index is 365. The molecule has 0 spiro atoms. The van der Waals surface area contributed by atoms with E-state index >= 15 is 0 Å². The smallest absolute Gasteiger partial charge is 0.280 e. The van der Waals surface area contributed by atoms with E-state index in [9.17, 15) is 13.2 Å². The maximum atomic E-state index is 14.0. The number of halogens is 4. The van der Waals surface area contributed by atoms with Crippen molar-refractivity contribution in [2.45, 2.75) is 18.8 Å². The lowest BCUT2D eigenvalue weighted by molar-refractivity contribution is -0.0751. The van der Waals surface area contributed by atoms with E-state index in [4.69, 9.17) is 0 Å². The van der Waals surface area contributed by atoms with Gasteiger partial charge in [0.1, 0.15) is 5.82 Å². The quantitative estimate of drug-likeness (QED) is 0.865. The van der Waals surface area contributed by atoms with Crippen LogP contribution in [-0.4, -0.2) is 13.1 Å². The zero-order valence-electron chi connectivity index (χ0n) is 9.26. The molecule has 96 valence electrons. The molecule has 0 aliphatic carbocycles. The predicted molar refractivity (Wildman–Crippen MR) is 63.1 cm³/mol. The summed E-state index contributed by atoms with van der Waals surface area (Å²) in [5.74, 6) is -4.71. The summed E-state index contributed by atoms with van der Waals surface area (Å²) in [6.45, 7) is 1.02. The highest BCUT2D eigenvalue weighted by atomic mass is 35.5. The number of alkyl halides is 2. The summed E-state index contributed by atoms with van der Waals surface area (Å²) in [6, 6.07) is 5.13. The molecular weight excluding hydrogens is 251 g/mol. The molecule has 1 aromatic carbocycles. The fourth-order valence-electron chi connectivity index (χ4n) is 2.11. The van der Waals surface area contributed by atoms with Crippen molar-refractivity contribution in [3.63, 3.8) is 0 Å². The molecule has 0 bridgehead atoms. The number of nitrogens with one attached hydrogen (secondary N) is 1. The highest BCUT2D eigenvalue weighted by molar-refractivity contribution is 5.85. The second-order valence-electron chi connectivity index (χ2n) is 4.15. The van der Waals surface area contributed by atoms with E-state index in [0.29, 0.717) is 12.8 Å². The first-order valence-electron chi connectivity index (χ1n) is 5.46. The Morgan fingerprint density at radius 1 is 1.24 bits per heavy atom. The SMILES string of the molecule is Cl.Fc1ccccc1C(F)(F)C1CCCNC1. The van der Waals surface area contributed by atoms with Crippen molar-refractivity contribution in [2.24, 2.45) is 5.92 Å². The van der Waals surface area contributed by atoms with Crippen LogP contribution >= 0.6 is 12.4 Å². The summed E-state index contributed by atoms with van der Waals surface area (Å²) < 4.78 is 41.4. The Labute approximate surface area is 105 Å². The summed E-state index contributed by atoms with van der Waals surface area (Å²) in [5, 5.41) is 2.93. The van der Waals surface area contributed by atoms with Gasteiger partial charge in [-0.2, -0.15) is 0 Å². The van der Waals surface area contributed by atoms with Crippen LogP contribution < -0.4 is 5.32 Å². The van der Waals surface area contributed by atoms with Crippen LogP contribution in [0.4, 0.5) is 13.2 Å². The molecule has 2 rings (SSSR count). The molecule has 0 saturated carbocycles. The minimum absolute atomic E-state index is 0. The van der Waals surface area contributed by atoms with Gasteiger partial charge in [-0.15, -0.1) is 12.4 Å². The van der Waals surface area contributed by atoms with Gasteiger partial charge in [0, 0.05) is 12.5 Å². The average molecular weight is 266 g/mol. The third-order valence-electron chi connectivity index (χ3n) is 3.04. The maximum Gasteiger partial charge on any atom is 0.280 e. The van der Waals surface area contributed by atoms with Crippen LogP contribution in [0.2, 0.25) is 0 Å². The van der Waals surface area contributed by atoms with Crippen LogP contribution in [0.5, 0.6) is 0 Å². The van der Waals surface area contributed by atoms with Gasteiger partial charge in [-0.3, -0.25) is 0 Å². The third kappa shape index (κ3) is 2.93. The van der Waals surface area contributed by atoms with Crippen LogP contribution in [0.15, 0.2) is 24.3 Å². The summed E-state index contributed by atoms with van der Waals surface area (Å²) in [6.07, 6.45) is 1.16. The number of piperidine rings is 1. The van der Waals surface area contributed by atoms with E-state index in [1.165, 1.54) is 18.2 Å². The molecule has 5 heteroatoms. The number of benzene rings is 1. The minimum atomic E-state index is -3.08. The van der Waals surface area contributed by atoms with E-state index in [0.717, 1.165) is 12.6 Å². The van der Waals surface area contributed by atoms with Crippen LogP contribution in [-0.2, 0) is 5.92 Å². The minimum Gasteiger partial charge on any atom is -0.316 e. The highest BCUT2D eigenvalue weighted by Gasteiger charge is 2.43. The molecule has 1 aliphatic rings. The number of hydrogen-bond acceptors (Lipinski definition) is 1. The Hall–Kier alpha value is -0.740. The van der Waals surface area contributed by atoms with Gasteiger partial charge in [0.25, 0.3) is 5.92 Å². The molecule has 1 fully saturated rings. The lowest BCUT2D eigenvalue weighted by atomic mass is 9.88. The fraction of sp³-hybridized carbons (Fsp3) is 0.500. The topological polar surface area (TPSA) is 12.0 Å². The van der Waals surface area contributed by atoms with Gasteiger partial charge in [0.05, 0.1) is 5.56 Å². The zero-order chi connectivity index (χ0) is 11.6. The summed E-state index contributed by atoms with van der Waals surface area (Å²) in [7, 11) is 0. The summed E-state index contributed by atoms with van der Waals surface area (Å²) in [5.41, 5.74) is -0.483. The Morgan fingerprint density at radius 3 is 2.53 bits per heavy atom. The molecule has 0 amide bonds. The first-order valence-corrected chi connectivity index (χ1v) is 5.46. The van der Waals surface area contributed by atoms with Crippen molar-refractivity contribution < 1.29 is 13.2 Å². The van der Waals surface area contributed by atoms with E-state index in [-0.39, 0.29) is 19.0 Å². The van der Waals surface area contributed by atoms with Gasteiger partial charge in [-0.25, -0.2) is 13.2 Å². The molecule has 1 N–H and O–H groups in total. The first-order chi connectivity index (χ1) is 7.62. The third-order valence-corrected chi connectivity index (χ3v) is 3.04. The second kappa shape index (κ2) is 5.74. The van der Waals surface area contributed by atoms with Gasteiger partial charge in [-0.1, -0.05) is 18.2 Å². The van der Waals surface area contributed by atoms with E-state index in [1.54, 1.807) is 0 Å².